The maximum Gasteiger partial charge on any atom is 1.00 e. The topological polar surface area (TPSA) is 307 Å². The zero-order valence-corrected chi connectivity index (χ0v) is 34.0. The number of aromatic hydroxyl groups is 2. The van der Waals surface area contributed by atoms with Gasteiger partial charge in [-0.25, -0.2) is 0 Å². The minimum atomic E-state index is -5.00. The molecule has 0 radical (unpaired) electrons. The van der Waals surface area contributed by atoms with E-state index in [4.69, 9.17) is 0 Å². The van der Waals surface area contributed by atoms with Crippen molar-refractivity contribution in [2.45, 2.75) is 19.6 Å². The summed E-state index contributed by atoms with van der Waals surface area (Å²) in [6.45, 7) is 0. The fourth-order valence-corrected chi connectivity index (χ4v) is 8.34. The molecule has 0 heterocycles. The largest absolute Gasteiger partial charge is 1.00 e. The van der Waals surface area contributed by atoms with Gasteiger partial charge >= 0.3 is 29.6 Å². The average molecular weight is 864 g/mol. The van der Waals surface area contributed by atoms with E-state index in [1.807, 2.05) is 0 Å². The van der Waals surface area contributed by atoms with Gasteiger partial charge in [0.15, 0.2) is 11.5 Å². The van der Waals surface area contributed by atoms with E-state index >= 15 is 0 Å². The summed E-state index contributed by atoms with van der Waals surface area (Å²) >= 11 is 0. The second-order valence-corrected chi connectivity index (χ2v) is 17.2. The quantitative estimate of drug-likeness (QED) is 0.0482. The Balaban J connectivity index is 0.00000620. The normalized spacial score (nSPS) is 12.9. The fourth-order valence-electron chi connectivity index (χ4n) is 5.50. The standard InChI is InChI=1S/C34H24N4O14S4.Na/c39-33-25-7-3-1-5-23(25)31(55(47,48)49)17-27(33)37-35-21-13-11-19(29(15-21)53(41,42)43)9-10-20-12-14-22(16-30(20)54(44,45)46)36-38-28-18-32(56(50,51)52)24-6-2-4-8-26(24)34(28)40;/h1-18,39-40H,(H,41,42,43)(H,44,45,46)(H,47,48,49)(H,50,51,52);/q;+1/b10-9+,37-35?,38-36?;. The number of rotatable bonds is 10. The first-order chi connectivity index (χ1) is 26.1. The molecule has 23 heteroatoms. The summed E-state index contributed by atoms with van der Waals surface area (Å²) in [4.78, 5) is -2.66. The number of hydrogen-bond acceptors (Lipinski definition) is 14. The van der Waals surface area contributed by atoms with Crippen LogP contribution in [0, 0.1) is 0 Å². The van der Waals surface area contributed by atoms with Crippen molar-refractivity contribution in [3.05, 3.63) is 108 Å². The van der Waals surface area contributed by atoms with E-state index in [9.17, 15) is 62.1 Å². The Morgan fingerprint density at radius 1 is 0.404 bits per heavy atom. The summed E-state index contributed by atoms with van der Waals surface area (Å²) in [5.41, 5.74) is -1.67. The van der Waals surface area contributed by atoms with Gasteiger partial charge in [-0.3, -0.25) is 18.2 Å². The summed E-state index contributed by atoms with van der Waals surface area (Å²) < 4.78 is 137. The van der Waals surface area contributed by atoms with Crippen LogP contribution in [0.25, 0.3) is 33.7 Å². The summed E-state index contributed by atoms with van der Waals surface area (Å²) in [6.07, 6.45) is 2.15. The third kappa shape index (κ3) is 9.43. The van der Waals surface area contributed by atoms with Crippen LogP contribution in [0.3, 0.4) is 0 Å². The summed E-state index contributed by atoms with van der Waals surface area (Å²) in [7, 11) is -19.6. The number of azo groups is 2. The Morgan fingerprint density at radius 2 is 0.719 bits per heavy atom. The number of hydrogen-bond donors (Lipinski definition) is 6. The summed E-state index contributed by atoms with van der Waals surface area (Å²) in [6, 6.07) is 19.5. The predicted molar refractivity (Wildman–Crippen MR) is 201 cm³/mol. The van der Waals surface area contributed by atoms with Gasteiger partial charge in [-0.15, -0.1) is 10.2 Å². The van der Waals surface area contributed by atoms with Gasteiger partial charge in [0.2, 0.25) is 0 Å². The van der Waals surface area contributed by atoms with Crippen LogP contribution in [-0.2, 0) is 40.5 Å². The fraction of sp³-hybridized carbons (Fsp3) is 0. The van der Waals surface area contributed by atoms with Crippen molar-refractivity contribution in [1.29, 1.82) is 0 Å². The van der Waals surface area contributed by atoms with Gasteiger partial charge in [-0.2, -0.15) is 43.9 Å². The molecule has 0 atom stereocenters. The number of fused-ring (bicyclic) bond motifs is 2. The number of nitrogens with zero attached hydrogens (tertiary/aromatic N) is 4. The zero-order chi connectivity index (χ0) is 40.8. The van der Waals surface area contributed by atoms with Gasteiger partial charge in [0.05, 0.1) is 11.4 Å². The van der Waals surface area contributed by atoms with Crippen LogP contribution >= 0.6 is 0 Å². The first kappa shape index (κ1) is 43.1. The second kappa shape index (κ2) is 16.1. The molecule has 0 fully saturated rings. The predicted octanol–water partition coefficient (Wildman–Crippen LogP) is 4.40. The molecule has 0 bridgehead atoms. The van der Waals surface area contributed by atoms with E-state index in [0.717, 1.165) is 48.6 Å². The SMILES string of the molecule is O=S(=O)(O)c1cc(N=Nc2cc(S(=O)(=O)O)c3ccccc3c2O)ccc1/C=C/c1ccc(N=Nc2cc(S(=O)(=O)O)c3ccccc3c2O)cc1S(=O)(=O)O.[Na+]. The van der Waals surface area contributed by atoms with Crippen LogP contribution in [0.4, 0.5) is 22.7 Å². The van der Waals surface area contributed by atoms with Crippen LogP contribution in [0.15, 0.2) is 137 Å². The minimum absolute atomic E-state index is 0. The molecule has 0 unspecified atom stereocenters. The van der Waals surface area contributed by atoms with Gasteiger partial charge in [0.25, 0.3) is 40.5 Å². The number of benzene rings is 6. The van der Waals surface area contributed by atoms with Crippen LogP contribution in [0.2, 0.25) is 0 Å². The molecule has 0 saturated heterocycles. The van der Waals surface area contributed by atoms with E-state index < -0.39 is 82.9 Å². The van der Waals surface area contributed by atoms with Crippen LogP contribution in [0.1, 0.15) is 11.1 Å². The molecule has 18 nitrogen and oxygen atoms in total. The molecule has 6 aromatic carbocycles. The Kier molecular flexibility index (Phi) is 12.2. The molecule has 6 rings (SSSR count). The molecular weight excluding hydrogens is 840 g/mol. The molecule has 6 aromatic rings. The Labute approximate surface area is 345 Å². The Bertz CT molecular complexity index is 2960. The first-order valence-electron chi connectivity index (χ1n) is 15.3. The molecule has 288 valence electrons. The molecule has 0 aromatic heterocycles. The third-order valence-electron chi connectivity index (χ3n) is 8.01. The second-order valence-electron chi connectivity index (χ2n) is 11.7. The van der Waals surface area contributed by atoms with Gasteiger partial charge in [0.1, 0.15) is 31.0 Å². The Morgan fingerprint density at radius 3 is 1.04 bits per heavy atom. The third-order valence-corrected chi connectivity index (χ3v) is 11.6. The smallest absolute Gasteiger partial charge is 0.505 e. The van der Waals surface area contributed by atoms with Crippen molar-refractivity contribution in [2.24, 2.45) is 20.5 Å². The number of phenolic OH excluding ortho intramolecular Hbond substituents is 2. The van der Waals surface area contributed by atoms with Crippen molar-refractivity contribution >= 4 is 96.9 Å². The maximum atomic E-state index is 12.4. The average Bonchev–Trinajstić information content (AvgIpc) is 3.12. The van der Waals surface area contributed by atoms with E-state index in [2.05, 4.69) is 20.5 Å². The molecule has 0 aliphatic heterocycles. The first-order valence-corrected chi connectivity index (χ1v) is 21.1. The number of phenols is 2. The van der Waals surface area contributed by atoms with Gasteiger partial charge in [-0.05, 0) is 47.5 Å². The molecule has 0 aliphatic rings. The van der Waals surface area contributed by atoms with E-state index in [1.165, 1.54) is 60.7 Å². The van der Waals surface area contributed by atoms with E-state index in [1.54, 1.807) is 0 Å². The van der Waals surface area contributed by atoms with Crippen molar-refractivity contribution in [2.75, 3.05) is 0 Å². The van der Waals surface area contributed by atoms with Gasteiger partial charge < -0.3 is 10.2 Å². The summed E-state index contributed by atoms with van der Waals surface area (Å²) in [5.74, 6) is -1.02. The van der Waals surface area contributed by atoms with Crippen molar-refractivity contribution in [3.8, 4) is 11.5 Å². The Hall–Kier alpha value is -4.98. The van der Waals surface area contributed by atoms with Crippen molar-refractivity contribution in [3.63, 3.8) is 0 Å². The molecule has 0 aliphatic carbocycles. The molecular formula is C34H24N4NaO14S4+. The molecule has 0 saturated carbocycles. The molecule has 0 amide bonds. The minimum Gasteiger partial charge on any atom is -0.505 e. The molecule has 57 heavy (non-hydrogen) atoms. The monoisotopic (exact) mass is 863 g/mol. The molecule has 0 spiro atoms. The van der Waals surface area contributed by atoms with Gasteiger partial charge in [-0.1, -0.05) is 72.8 Å². The molecule has 6 N–H and O–H groups in total. The van der Waals surface area contributed by atoms with Crippen molar-refractivity contribution < 1.29 is 91.7 Å². The van der Waals surface area contributed by atoms with E-state index in [0.29, 0.717) is 0 Å². The van der Waals surface area contributed by atoms with Gasteiger partial charge in [0, 0.05) is 21.5 Å². The zero-order valence-electron chi connectivity index (χ0n) is 28.8. The van der Waals surface area contributed by atoms with Crippen LogP contribution in [-0.4, -0.2) is 62.1 Å². The van der Waals surface area contributed by atoms with Crippen LogP contribution < -0.4 is 29.6 Å². The maximum absolute atomic E-state index is 12.4. The van der Waals surface area contributed by atoms with Crippen molar-refractivity contribution in [1.82, 2.24) is 0 Å². The van der Waals surface area contributed by atoms with E-state index in [-0.39, 0.29) is 73.6 Å². The van der Waals surface area contributed by atoms with Crippen LogP contribution in [0.5, 0.6) is 11.5 Å². The summed E-state index contributed by atoms with van der Waals surface area (Å²) in [5, 5.41) is 36.7.